The first kappa shape index (κ1) is 28.3. The highest BCUT2D eigenvalue weighted by atomic mass is 16.4. The molecule has 0 aliphatic heterocycles. The van der Waals surface area contributed by atoms with E-state index >= 15 is 0 Å². The molecule has 13 nitrogen and oxygen atoms in total. The molecule has 0 spiro atoms. The molecule has 0 fully saturated rings. The zero-order valence-electron chi connectivity index (χ0n) is 20.0. The molecule has 1 aromatic heterocycles. The molecule has 5 atom stereocenters. The van der Waals surface area contributed by atoms with Gasteiger partial charge in [0.2, 0.25) is 23.6 Å². The van der Waals surface area contributed by atoms with E-state index in [1.54, 1.807) is 6.20 Å². The molecule has 2 rings (SSSR count). The minimum atomic E-state index is -1.52. The molecule has 4 amide bonds. The van der Waals surface area contributed by atoms with Crippen LogP contribution in [0.1, 0.15) is 32.3 Å². The molecule has 196 valence electrons. The minimum absolute atomic E-state index is 0.213. The van der Waals surface area contributed by atoms with Crippen LogP contribution in [0, 0.1) is 0 Å². The van der Waals surface area contributed by atoms with Crippen molar-refractivity contribution >= 4 is 40.5 Å². The number of carbonyl (C=O) groups is 5. The van der Waals surface area contributed by atoms with Gasteiger partial charge in [-0.3, -0.25) is 19.2 Å². The predicted molar refractivity (Wildman–Crippen MR) is 129 cm³/mol. The van der Waals surface area contributed by atoms with Gasteiger partial charge in [-0.2, -0.15) is 0 Å². The number of aliphatic carboxylic acids is 1. The summed E-state index contributed by atoms with van der Waals surface area (Å²) >= 11 is 0. The molecule has 13 heteroatoms. The number of carbonyl (C=O) groups excluding carboxylic acids is 4. The van der Waals surface area contributed by atoms with Crippen molar-refractivity contribution in [3.63, 3.8) is 0 Å². The Hall–Kier alpha value is -3.97. The first-order valence-corrected chi connectivity index (χ1v) is 11.3. The molecule has 1 heterocycles. The van der Waals surface area contributed by atoms with E-state index in [9.17, 15) is 34.2 Å². The molecule has 0 radical (unpaired) electrons. The van der Waals surface area contributed by atoms with Crippen LogP contribution in [0.2, 0.25) is 0 Å². The van der Waals surface area contributed by atoms with Crippen LogP contribution in [0.15, 0.2) is 30.5 Å². The number of nitrogens with two attached hydrogens (primary N) is 2. The van der Waals surface area contributed by atoms with Gasteiger partial charge in [-0.1, -0.05) is 18.2 Å². The maximum absolute atomic E-state index is 12.6. The van der Waals surface area contributed by atoms with E-state index in [1.165, 1.54) is 13.8 Å². The number of para-hydroxylation sites is 1. The summed E-state index contributed by atoms with van der Waals surface area (Å²) in [6.45, 7) is 2.60. The van der Waals surface area contributed by atoms with Crippen LogP contribution in [0.25, 0.3) is 10.9 Å². The van der Waals surface area contributed by atoms with Crippen LogP contribution in [-0.4, -0.2) is 75.1 Å². The molecular formula is C23H32N6O7. The summed E-state index contributed by atoms with van der Waals surface area (Å²) in [7, 11) is 0. The Morgan fingerprint density at radius 2 is 1.67 bits per heavy atom. The average molecular weight is 505 g/mol. The summed E-state index contributed by atoms with van der Waals surface area (Å²) in [6, 6.07) is 2.47. The van der Waals surface area contributed by atoms with Gasteiger partial charge in [-0.05, 0) is 38.3 Å². The number of nitrogens with one attached hydrogen (secondary N) is 4. The molecule has 0 aliphatic rings. The number of fused-ring (bicyclic) bond motifs is 1. The fraction of sp³-hybridized carbons (Fsp3) is 0.435. The summed E-state index contributed by atoms with van der Waals surface area (Å²) in [6.07, 6.45) is 0.0208. The Balaban J connectivity index is 1.96. The summed E-state index contributed by atoms with van der Waals surface area (Å²) in [5.74, 6) is -4.54. The van der Waals surface area contributed by atoms with Gasteiger partial charge in [0.1, 0.15) is 18.1 Å². The van der Waals surface area contributed by atoms with E-state index in [2.05, 4.69) is 20.9 Å². The number of carboxylic acids is 1. The molecule has 0 aliphatic carbocycles. The topological polar surface area (TPSA) is 230 Å². The summed E-state index contributed by atoms with van der Waals surface area (Å²) in [4.78, 5) is 63.1. The maximum Gasteiger partial charge on any atom is 0.326 e. The average Bonchev–Trinajstić information content (AvgIpc) is 3.21. The predicted octanol–water partition coefficient (Wildman–Crippen LogP) is -1.76. The zero-order chi connectivity index (χ0) is 27.0. The van der Waals surface area contributed by atoms with Crippen molar-refractivity contribution in [1.82, 2.24) is 20.9 Å². The summed E-state index contributed by atoms with van der Waals surface area (Å²) in [5, 5.41) is 27.1. The number of carboxylic acid groups (broad SMARTS) is 1. The second kappa shape index (κ2) is 12.7. The van der Waals surface area contributed by atoms with Gasteiger partial charge >= 0.3 is 5.97 Å². The van der Waals surface area contributed by atoms with Crippen LogP contribution < -0.4 is 27.4 Å². The Bertz CT molecular complexity index is 1120. The lowest BCUT2D eigenvalue weighted by Crippen LogP contribution is -2.59. The van der Waals surface area contributed by atoms with E-state index in [0.717, 1.165) is 16.5 Å². The third-order valence-electron chi connectivity index (χ3n) is 5.56. The van der Waals surface area contributed by atoms with Crippen molar-refractivity contribution in [3.8, 4) is 0 Å². The van der Waals surface area contributed by atoms with Gasteiger partial charge in [0.25, 0.3) is 0 Å². The number of H-pyrrole nitrogens is 1. The van der Waals surface area contributed by atoms with Gasteiger partial charge in [0.15, 0.2) is 0 Å². The summed E-state index contributed by atoms with van der Waals surface area (Å²) in [5.41, 5.74) is 12.8. The highest BCUT2D eigenvalue weighted by Crippen LogP contribution is 2.18. The summed E-state index contributed by atoms with van der Waals surface area (Å²) < 4.78 is 0. The van der Waals surface area contributed by atoms with E-state index < -0.39 is 59.9 Å². The lowest BCUT2D eigenvalue weighted by atomic mass is 10.0. The highest BCUT2D eigenvalue weighted by Gasteiger charge is 2.31. The third-order valence-corrected chi connectivity index (χ3v) is 5.56. The molecular weight excluding hydrogens is 472 g/mol. The molecule has 1 aromatic carbocycles. The zero-order valence-corrected chi connectivity index (χ0v) is 20.0. The van der Waals surface area contributed by atoms with Gasteiger partial charge < -0.3 is 42.6 Å². The van der Waals surface area contributed by atoms with E-state index in [0.29, 0.717) is 0 Å². The largest absolute Gasteiger partial charge is 0.480 e. The second-order valence-corrected chi connectivity index (χ2v) is 8.53. The number of primary amides is 1. The normalized spacial score (nSPS) is 15.2. The quantitative estimate of drug-likeness (QED) is 0.155. The minimum Gasteiger partial charge on any atom is -0.480 e. The lowest BCUT2D eigenvalue weighted by Gasteiger charge is -2.25. The number of aliphatic hydroxyl groups is 1. The second-order valence-electron chi connectivity index (χ2n) is 8.53. The van der Waals surface area contributed by atoms with Crippen LogP contribution in [0.3, 0.4) is 0 Å². The van der Waals surface area contributed by atoms with Crippen LogP contribution >= 0.6 is 0 Å². The van der Waals surface area contributed by atoms with Crippen molar-refractivity contribution in [2.24, 2.45) is 11.5 Å². The van der Waals surface area contributed by atoms with E-state index in [1.807, 2.05) is 24.3 Å². The molecule has 5 unspecified atom stereocenters. The standard InChI is InChI=1S/C23H32N6O7/c1-11(27-21(33)15(24)9-13-10-26-16-6-4-3-5-14(13)16)20(32)29-19(12(2)30)22(34)28-17(23(35)36)7-8-18(25)31/h3-6,10-12,15,17,19,26,30H,7-9,24H2,1-2H3,(H2,25,31)(H,27,33)(H,28,34)(H,29,32)(H,35,36). The number of aliphatic hydroxyl groups excluding tert-OH is 1. The fourth-order valence-electron chi connectivity index (χ4n) is 3.51. The Kier molecular flexibility index (Phi) is 9.93. The first-order valence-electron chi connectivity index (χ1n) is 11.3. The molecule has 0 saturated carbocycles. The number of aromatic nitrogens is 1. The Morgan fingerprint density at radius 1 is 1.00 bits per heavy atom. The van der Waals surface area contributed by atoms with E-state index in [-0.39, 0.29) is 19.3 Å². The highest BCUT2D eigenvalue weighted by molar-refractivity contribution is 5.94. The third kappa shape index (κ3) is 7.78. The van der Waals surface area contributed by atoms with Crippen molar-refractivity contribution in [3.05, 3.63) is 36.0 Å². The molecule has 0 bridgehead atoms. The monoisotopic (exact) mass is 504 g/mol. The first-order chi connectivity index (χ1) is 16.9. The van der Waals surface area contributed by atoms with Crippen LogP contribution in [0.5, 0.6) is 0 Å². The van der Waals surface area contributed by atoms with E-state index in [4.69, 9.17) is 11.5 Å². The number of rotatable bonds is 13. The van der Waals surface area contributed by atoms with Crippen molar-refractivity contribution in [2.75, 3.05) is 0 Å². The molecule has 10 N–H and O–H groups in total. The number of hydrogen-bond acceptors (Lipinski definition) is 7. The van der Waals surface area contributed by atoms with Gasteiger partial charge in [0, 0.05) is 23.5 Å². The van der Waals surface area contributed by atoms with Crippen LogP contribution in [0.4, 0.5) is 0 Å². The van der Waals surface area contributed by atoms with Gasteiger partial charge in [-0.25, -0.2) is 4.79 Å². The van der Waals surface area contributed by atoms with Crippen molar-refractivity contribution < 1.29 is 34.2 Å². The number of benzene rings is 1. The molecule has 36 heavy (non-hydrogen) atoms. The Labute approximate surface area is 207 Å². The van der Waals surface area contributed by atoms with Gasteiger partial charge in [0.05, 0.1) is 12.1 Å². The number of hydrogen-bond donors (Lipinski definition) is 8. The lowest BCUT2D eigenvalue weighted by molar-refractivity contribution is -0.143. The van der Waals surface area contributed by atoms with Crippen LogP contribution in [-0.2, 0) is 30.4 Å². The van der Waals surface area contributed by atoms with Crippen molar-refractivity contribution in [1.29, 1.82) is 0 Å². The number of aromatic amines is 1. The maximum atomic E-state index is 12.6. The molecule has 2 aromatic rings. The molecule has 0 saturated heterocycles. The van der Waals surface area contributed by atoms with Gasteiger partial charge in [-0.15, -0.1) is 0 Å². The van der Waals surface area contributed by atoms with Crippen molar-refractivity contribution in [2.45, 2.75) is 63.4 Å². The fourth-order valence-corrected chi connectivity index (χ4v) is 3.51. The smallest absolute Gasteiger partial charge is 0.326 e. The Morgan fingerprint density at radius 3 is 2.28 bits per heavy atom. The number of amides is 4. The SMILES string of the molecule is CC(NC(=O)C(N)Cc1c[nH]c2ccccc12)C(=O)NC(C(=O)NC(CCC(N)=O)C(=O)O)C(C)O.